The van der Waals surface area contributed by atoms with Gasteiger partial charge in [0.15, 0.2) is 5.69 Å². The van der Waals surface area contributed by atoms with Gasteiger partial charge < -0.3 is 9.63 Å². The topological polar surface area (TPSA) is 101 Å². The highest BCUT2D eigenvalue weighted by atomic mass is 16.5. The van der Waals surface area contributed by atoms with Gasteiger partial charge in [0.25, 0.3) is 0 Å². The number of hydrogen-bond acceptors (Lipinski definition) is 6. The van der Waals surface area contributed by atoms with E-state index in [1.165, 1.54) is 0 Å². The first-order valence-electron chi connectivity index (χ1n) is 5.71. The van der Waals surface area contributed by atoms with E-state index in [1.807, 2.05) is 0 Å². The molecule has 7 nitrogen and oxygen atoms in total. The minimum atomic E-state index is -0.177. The molecular weight excluding hydrogens is 222 g/mol. The molecule has 0 spiro atoms. The molecule has 1 aliphatic carbocycles. The summed E-state index contributed by atoms with van der Waals surface area (Å²) in [5, 5.41) is 23.4. The number of aromatic amines is 1. The van der Waals surface area contributed by atoms with E-state index >= 15 is 0 Å². The van der Waals surface area contributed by atoms with Gasteiger partial charge >= 0.3 is 0 Å². The Morgan fingerprint density at radius 2 is 2.12 bits per heavy atom. The largest absolute Gasteiger partial charge is 0.393 e. The lowest BCUT2D eigenvalue weighted by Gasteiger charge is -2.22. The molecule has 17 heavy (non-hydrogen) atoms. The molecule has 90 valence electrons. The SMILES string of the molecule is OC1CCC(c2nc(-c3cn[nH]n3)no2)CC1. The van der Waals surface area contributed by atoms with Gasteiger partial charge in [0.05, 0.1) is 12.3 Å². The highest BCUT2D eigenvalue weighted by molar-refractivity contribution is 5.44. The van der Waals surface area contributed by atoms with E-state index in [4.69, 9.17) is 4.52 Å². The summed E-state index contributed by atoms with van der Waals surface area (Å²) in [7, 11) is 0. The van der Waals surface area contributed by atoms with Gasteiger partial charge in [0, 0.05) is 5.92 Å². The van der Waals surface area contributed by atoms with E-state index in [9.17, 15) is 5.11 Å². The summed E-state index contributed by atoms with van der Waals surface area (Å²) >= 11 is 0. The van der Waals surface area contributed by atoms with E-state index in [0.717, 1.165) is 25.7 Å². The lowest BCUT2D eigenvalue weighted by atomic mass is 9.87. The average molecular weight is 235 g/mol. The maximum Gasteiger partial charge on any atom is 0.230 e. The van der Waals surface area contributed by atoms with E-state index in [2.05, 4.69) is 25.6 Å². The molecular formula is C10H13N5O2. The molecule has 1 saturated carbocycles. The second kappa shape index (κ2) is 4.25. The van der Waals surface area contributed by atoms with Gasteiger partial charge in [0.2, 0.25) is 11.7 Å². The molecule has 0 atom stereocenters. The molecule has 2 heterocycles. The Morgan fingerprint density at radius 1 is 1.29 bits per heavy atom. The van der Waals surface area contributed by atoms with Gasteiger partial charge in [-0.1, -0.05) is 5.16 Å². The summed E-state index contributed by atoms with van der Waals surface area (Å²) in [5.74, 6) is 1.35. The summed E-state index contributed by atoms with van der Waals surface area (Å²) < 4.78 is 5.24. The third-order valence-electron chi connectivity index (χ3n) is 3.13. The number of aliphatic hydroxyl groups is 1. The minimum Gasteiger partial charge on any atom is -0.393 e. The van der Waals surface area contributed by atoms with Crippen LogP contribution in [0.25, 0.3) is 11.5 Å². The second-order valence-corrected chi connectivity index (χ2v) is 4.32. The van der Waals surface area contributed by atoms with Crippen molar-refractivity contribution in [2.24, 2.45) is 0 Å². The molecule has 2 N–H and O–H groups in total. The van der Waals surface area contributed by atoms with Crippen LogP contribution in [-0.2, 0) is 0 Å². The number of hydrogen-bond donors (Lipinski definition) is 2. The van der Waals surface area contributed by atoms with Crippen LogP contribution in [0.5, 0.6) is 0 Å². The van der Waals surface area contributed by atoms with E-state index < -0.39 is 0 Å². The molecule has 2 aromatic heterocycles. The normalized spacial score (nSPS) is 25.0. The van der Waals surface area contributed by atoms with Crippen molar-refractivity contribution in [3.8, 4) is 11.5 Å². The molecule has 3 rings (SSSR count). The highest BCUT2D eigenvalue weighted by Crippen LogP contribution is 2.32. The number of nitrogens with one attached hydrogen (secondary N) is 1. The van der Waals surface area contributed by atoms with Gasteiger partial charge in [-0.2, -0.15) is 20.4 Å². The monoisotopic (exact) mass is 235 g/mol. The van der Waals surface area contributed by atoms with Crippen molar-refractivity contribution in [3.05, 3.63) is 12.1 Å². The molecule has 1 aliphatic rings. The van der Waals surface area contributed by atoms with E-state index in [-0.39, 0.29) is 12.0 Å². The zero-order valence-corrected chi connectivity index (χ0v) is 9.20. The lowest BCUT2D eigenvalue weighted by Crippen LogP contribution is -2.17. The van der Waals surface area contributed by atoms with E-state index in [0.29, 0.717) is 17.4 Å². The Bertz CT molecular complexity index is 473. The zero-order valence-electron chi connectivity index (χ0n) is 9.20. The smallest absolute Gasteiger partial charge is 0.230 e. The molecule has 0 aliphatic heterocycles. The Kier molecular flexibility index (Phi) is 2.60. The summed E-state index contributed by atoms with van der Waals surface area (Å²) in [6, 6.07) is 0. The molecule has 1 fully saturated rings. The van der Waals surface area contributed by atoms with Crippen molar-refractivity contribution in [2.45, 2.75) is 37.7 Å². The van der Waals surface area contributed by atoms with Crippen molar-refractivity contribution in [2.75, 3.05) is 0 Å². The van der Waals surface area contributed by atoms with Gasteiger partial charge in [0.1, 0.15) is 0 Å². The molecule has 2 aromatic rings. The molecule has 0 aromatic carbocycles. The molecule has 0 radical (unpaired) electrons. The highest BCUT2D eigenvalue weighted by Gasteiger charge is 2.25. The third kappa shape index (κ3) is 2.05. The van der Waals surface area contributed by atoms with E-state index in [1.54, 1.807) is 6.20 Å². The fourth-order valence-electron chi connectivity index (χ4n) is 2.14. The predicted octanol–water partition coefficient (Wildman–Crippen LogP) is 0.873. The van der Waals surface area contributed by atoms with Gasteiger partial charge in [-0.15, -0.1) is 0 Å². The van der Waals surface area contributed by atoms with Crippen molar-refractivity contribution in [1.82, 2.24) is 25.6 Å². The third-order valence-corrected chi connectivity index (χ3v) is 3.13. The van der Waals surface area contributed by atoms with Gasteiger partial charge in [-0.3, -0.25) is 0 Å². The summed E-state index contributed by atoms with van der Waals surface area (Å²) in [6.45, 7) is 0. The van der Waals surface area contributed by atoms with Crippen LogP contribution >= 0.6 is 0 Å². The summed E-state index contributed by atoms with van der Waals surface area (Å²) in [6.07, 6.45) is 4.76. The summed E-state index contributed by atoms with van der Waals surface area (Å²) in [5.41, 5.74) is 0.579. The Morgan fingerprint density at radius 3 is 2.82 bits per heavy atom. The zero-order chi connectivity index (χ0) is 11.7. The fourth-order valence-corrected chi connectivity index (χ4v) is 2.14. The number of rotatable bonds is 2. The predicted molar refractivity (Wildman–Crippen MR) is 56.9 cm³/mol. The van der Waals surface area contributed by atoms with Crippen molar-refractivity contribution in [1.29, 1.82) is 0 Å². The average Bonchev–Trinajstić information content (AvgIpc) is 3.00. The Hall–Kier alpha value is -1.76. The van der Waals surface area contributed by atoms with Crippen LogP contribution in [0.15, 0.2) is 10.7 Å². The number of H-pyrrole nitrogens is 1. The molecule has 0 unspecified atom stereocenters. The van der Waals surface area contributed by atoms with Crippen LogP contribution in [0.3, 0.4) is 0 Å². The van der Waals surface area contributed by atoms with Crippen LogP contribution in [0.1, 0.15) is 37.5 Å². The molecule has 0 saturated heterocycles. The number of aromatic nitrogens is 5. The fraction of sp³-hybridized carbons (Fsp3) is 0.600. The second-order valence-electron chi connectivity index (χ2n) is 4.32. The van der Waals surface area contributed by atoms with Gasteiger partial charge in [-0.05, 0) is 25.7 Å². The van der Waals surface area contributed by atoms with Crippen LogP contribution < -0.4 is 0 Å². The van der Waals surface area contributed by atoms with Crippen LogP contribution in [0, 0.1) is 0 Å². The summed E-state index contributed by atoms with van der Waals surface area (Å²) in [4.78, 5) is 4.32. The van der Waals surface area contributed by atoms with Crippen LogP contribution in [-0.4, -0.2) is 36.8 Å². The molecule has 0 bridgehead atoms. The Labute approximate surface area is 97.2 Å². The first-order chi connectivity index (χ1) is 8.33. The quantitative estimate of drug-likeness (QED) is 0.801. The van der Waals surface area contributed by atoms with Crippen LogP contribution in [0.4, 0.5) is 0 Å². The maximum absolute atomic E-state index is 9.44. The Balaban J connectivity index is 1.76. The maximum atomic E-state index is 9.44. The minimum absolute atomic E-state index is 0.177. The lowest BCUT2D eigenvalue weighted by molar-refractivity contribution is 0.116. The molecule has 0 amide bonds. The first-order valence-corrected chi connectivity index (χ1v) is 5.71. The van der Waals surface area contributed by atoms with Gasteiger partial charge in [-0.25, -0.2) is 0 Å². The van der Waals surface area contributed by atoms with Crippen molar-refractivity contribution < 1.29 is 9.63 Å². The first kappa shape index (κ1) is 10.4. The van der Waals surface area contributed by atoms with Crippen LogP contribution in [0.2, 0.25) is 0 Å². The standard InChI is InChI=1S/C10H13N5O2/c16-7-3-1-6(2-4-7)10-12-9(14-17-10)8-5-11-15-13-8/h5-7,16H,1-4H2,(H,11,13,15). The van der Waals surface area contributed by atoms with Crippen molar-refractivity contribution >= 4 is 0 Å². The number of aliphatic hydroxyl groups excluding tert-OH is 1. The molecule has 7 heteroatoms. The number of nitrogens with zero attached hydrogens (tertiary/aromatic N) is 4. The van der Waals surface area contributed by atoms with Crippen molar-refractivity contribution in [3.63, 3.8) is 0 Å².